The van der Waals surface area contributed by atoms with Crippen LogP contribution in [0.5, 0.6) is 0 Å². The van der Waals surface area contributed by atoms with E-state index in [1.54, 1.807) is 10.9 Å². The number of benzene rings is 1. The van der Waals surface area contributed by atoms with Crippen LogP contribution in [0.15, 0.2) is 53.4 Å². The van der Waals surface area contributed by atoms with Crippen LogP contribution in [0.3, 0.4) is 0 Å². The Labute approximate surface area is 131 Å². The topological polar surface area (TPSA) is 108 Å². The molecule has 3 N–H and O–H groups in total. The number of furan rings is 1. The maximum Gasteiger partial charge on any atom is 0.184 e. The average Bonchev–Trinajstić information content (AvgIpc) is 3.23. The normalized spacial score (nSPS) is 11.0. The van der Waals surface area contributed by atoms with E-state index in [-0.39, 0.29) is 0 Å². The van der Waals surface area contributed by atoms with Crippen LogP contribution >= 0.6 is 0 Å². The van der Waals surface area contributed by atoms with Crippen molar-refractivity contribution in [1.82, 2.24) is 25.0 Å². The van der Waals surface area contributed by atoms with Crippen molar-refractivity contribution in [3.63, 3.8) is 0 Å². The SMILES string of the molecule is Nc1c(NCc2ccco2)ncnc1-n1nnc2ccccc21. The van der Waals surface area contributed by atoms with Gasteiger partial charge in [-0.05, 0) is 24.3 Å². The van der Waals surface area contributed by atoms with E-state index in [4.69, 9.17) is 10.2 Å². The predicted molar refractivity (Wildman–Crippen MR) is 84.9 cm³/mol. The van der Waals surface area contributed by atoms with Gasteiger partial charge < -0.3 is 15.5 Å². The molecule has 8 heteroatoms. The molecule has 0 radical (unpaired) electrons. The number of hydrogen-bond donors (Lipinski definition) is 2. The smallest absolute Gasteiger partial charge is 0.184 e. The fraction of sp³-hybridized carbons (Fsp3) is 0.0667. The first-order valence-electron chi connectivity index (χ1n) is 7.00. The maximum absolute atomic E-state index is 6.20. The van der Waals surface area contributed by atoms with Gasteiger partial charge in [-0.2, -0.15) is 4.68 Å². The Morgan fingerprint density at radius 1 is 1.13 bits per heavy atom. The lowest BCUT2D eigenvalue weighted by Crippen LogP contribution is -2.10. The van der Waals surface area contributed by atoms with Gasteiger partial charge in [0.15, 0.2) is 11.6 Å². The number of nitrogens with zero attached hydrogens (tertiary/aromatic N) is 5. The summed E-state index contributed by atoms with van der Waals surface area (Å²) in [5.74, 6) is 1.79. The minimum atomic E-state index is 0.398. The summed E-state index contributed by atoms with van der Waals surface area (Å²) < 4.78 is 6.88. The van der Waals surface area contributed by atoms with Crippen molar-refractivity contribution in [2.75, 3.05) is 11.1 Å². The average molecular weight is 307 g/mol. The summed E-state index contributed by atoms with van der Waals surface area (Å²) in [5, 5.41) is 11.4. The molecule has 4 rings (SSSR count). The highest BCUT2D eigenvalue weighted by Gasteiger charge is 2.14. The fourth-order valence-corrected chi connectivity index (χ4v) is 2.31. The van der Waals surface area contributed by atoms with Crippen LogP contribution < -0.4 is 11.1 Å². The highest BCUT2D eigenvalue weighted by molar-refractivity contribution is 5.78. The quantitative estimate of drug-likeness (QED) is 0.593. The van der Waals surface area contributed by atoms with Gasteiger partial charge in [0.2, 0.25) is 0 Å². The second-order valence-electron chi connectivity index (χ2n) is 4.88. The molecule has 0 atom stereocenters. The first-order valence-corrected chi connectivity index (χ1v) is 7.00. The van der Waals surface area contributed by atoms with E-state index in [1.165, 1.54) is 6.33 Å². The Hall–Kier alpha value is -3.42. The number of nitrogens with two attached hydrogens (primary N) is 1. The Balaban J connectivity index is 1.71. The number of hydrogen-bond acceptors (Lipinski definition) is 7. The van der Waals surface area contributed by atoms with E-state index in [0.717, 1.165) is 16.8 Å². The number of nitrogens with one attached hydrogen (secondary N) is 1. The molecule has 4 aromatic rings. The molecular weight excluding hydrogens is 294 g/mol. The molecule has 0 bridgehead atoms. The highest BCUT2D eigenvalue weighted by atomic mass is 16.3. The summed E-state index contributed by atoms with van der Waals surface area (Å²) in [6.45, 7) is 0.478. The number of aromatic nitrogens is 5. The van der Waals surface area contributed by atoms with Crippen LogP contribution in [-0.2, 0) is 6.54 Å². The van der Waals surface area contributed by atoms with Gasteiger partial charge >= 0.3 is 0 Å². The molecule has 0 aliphatic carbocycles. The lowest BCUT2D eigenvalue weighted by atomic mass is 10.3. The largest absolute Gasteiger partial charge is 0.467 e. The second-order valence-corrected chi connectivity index (χ2v) is 4.88. The molecule has 3 heterocycles. The number of fused-ring (bicyclic) bond motifs is 1. The van der Waals surface area contributed by atoms with Crippen LogP contribution in [0.2, 0.25) is 0 Å². The van der Waals surface area contributed by atoms with Crippen molar-refractivity contribution >= 4 is 22.5 Å². The van der Waals surface area contributed by atoms with Crippen molar-refractivity contribution in [1.29, 1.82) is 0 Å². The number of para-hydroxylation sites is 1. The number of rotatable bonds is 4. The molecule has 0 aliphatic rings. The van der Waals surface area contributed by atoms with Gasteiger partial charge in [-0.1, -0.05) is 17.3 Å². The minimum absolute atomic E-state index is 0.398. The predicted octanol–water partition coefficient (Wildman–Crippen LogP) is 2.00. The first kappa shape index (κ1) is 13.3. The van der Waals surface area contributed by atoms with Gasteiger partial charge in [0.05, 0.1) is 18.3 Å². The van der Waals surface area contributed by atoms with Crippen LogP contribution in [-0.4, -0.2) is 25.0 Å². The van der Waals surface area contributed by atoms with Gasteiger partial charge in [-0.3, -0.25) is 0 Å². The van der Waals surface area contributed by atoms with E-state index < -0.39 is 0 Å². The van der Waals surface area contributed by atoms with Crippen molar-refractivity contribution < 1.29 is 4.42 Å². The van der Waals surface area contributed by atoms with Gasteiger partial charge in [-0.25, -0.2) is 9.97 Å². The molecule has 1 aromatic carbocycles. The molecule has 0 aliphatic heterocycles. The van der Waals surface area contributed by atoms with Crippen LogP contribution in [0.1, 0.15) is 5.76 Å². The first-order chi connectivity index (χ1) is 11.3. The highest BCUT2D eigenvalue weighted by Crippen LogP contribution is 2.24. The summed E-state index contributed by atoms with van der Waals surface area (Å²) in [4.78, 5) is 8.42. The van der Waals surface area contributed by atoms with Crippen LogP contribution in [0.25, 0.3) is 16.9 Å². The Bertz CT molecular complexity index is 946. The minimum Gasteiger partial charge on any atom is -0.467 e. The summed E-state index contributed by atoms with van der Waals surface area (Å²) in [7, 11) is 0. The summed E-state index contributed by atoms with van der Waals surface area (Å²) in [6.07, 6.45) is 3.06. The van der Waals surface area contributed by atoms with Crippen LogP contribution in [0.4, 0.5) is 11.5 Å². The second kappa shape index (κ2) is 5.41. The third-order valence-electron chi connectivity index (χ3n) is 3.43. The van der Waals surface area contributed by atoms with E-state index in [2.05, 4.69) is 25.6 Å². The third-order valence-corrected chi connectivity index (χ3v) is 3.43. The Kier molecular flexibility index (Phi) is 3.12. The molecule has 0 spiro atoms. The molecule has 23 heavy (non-hydrogen) atoms. The van der Waals surface area contributed by atoms with E-state index in [0.29, 0.717) is 23.9 Å². The summed E-state index contributed by atoms with van der Waals surface area (Å²) >= 11 is 0. The zero-order valence-corrected chi connectivity index (χ0v) is 12.0. The summed E-state index contributed by atoms with van der Waals surface area (Å²) in [5.41, 5.74) is 8.20. The number of nitrogen functional groups attached to an aromatic ring is 1. The molecule has 0 fully saturated rings. The fourth-order valence-electron chi connectivity index (χ4n) is 2.31. The van der Waals surface area contributed by atoms with Gasteiger partial charge in [0.25, 0.3) is 0 Å². The molecule has 0 unspecified atom stereocenters. The lowest BCUT2D eigenvalue weighted by molar-refractivity contribution is 0.518. The zero-order valence-electron chi connectivity index (χ0n) is 12.0. The molecule has 0 saturated heterocycles. The van der Waals surface area contributed by atoms with Crippen molar-refractivity contribution in [2.24, 2.45) is 0 Å². The number of anilines is 2. The van der Waals surface area contributed by atoms with Crippen molar-refractivity contribution in [2.45, 2.75) is 6.54 Å². The lowest BCUT2D eigenvalue weighted by Gasteiger charge is -2.10. The van der Waals surface area contributed by atoms with Crippen molar-refractivity contribution in [3.8, 4) is 5.82 Å². The van der Waals surface area contributed by atoms with Gasteiger partial charge in [0, 0.05) is 0 Å². The monoisotopic (exact) mass is 307 g/mol. The standard InChI is InChI=1S/C15H13N7O/c16-13-14(17-8-10-4-3-7-23-10)18-9-19-15(13)22-12-6-2-1-5-11(12)20-21-22/h1-7,9H,8,16H2,(H,17,18,19). The molecule has 3 aromatic heterocycles. The Morgan fingerprint density at radius 2 is 2.04 bits per heavy atom. The molecule has 8 nitrogen and oxygen atoms in total. The van der Waals surface area contributed by atoms with Gasteiger partial charge in [0.1, 0.15) is 23.3 Å². The van der Waals surface area contributed by atoms with Crippen LogP contribution in [0, 0.1) is 0 Å². The van der Waals surface area contributed by atoms with E-state index in [9.17, 15) is 0 Å². The maximum atomic E-state index is 6.20. The van der Waals surface area contributed by atoms with Gasteiger partial charge in [-0.15, -0.1) is 5.10 Å². The molecule has 114 valence electrons. The molecule has 0 saturated carbocycles. The molecule has 0 amide bonds. The Morgan fingerprint density at radius 3 is 2.91 bits per heavy atom. The van der Waals surface area contributed by atoms with Crippen molar-refractivity contribution in [3.05, 3.63) is 54.7 Å². The zero-order chi connectivity index (χ0) is 15.6. The van der Waals surface area contributed by atoms with E-state index >= 15 is 0 Å². The third kappa shape index (κ3) is 2.35. The summed E-state index contributed by atoms with van der Waals surface area (Å²) in [6, 6.07) is 11.3. The van der Waals surface area contributed by atoms with E-state index in [1.807, 2.05) is 36.4 Å². The molecular formula is C15H13N7O.